The predicted molar refractivity (Wildman–Crippen MR) is 110 cm³/mol. The summed E-state index contributed by atoms with van der Waals surface area (Å²) in [5.41, 5.74) is 5.88. The Hall–Kier alpha value is -1.16. The van der Waals surface area contributed by atoms with Gasteiger partial charge in [0.15, 0.2) is 0 Å². The van der Waals surface area contributed by atoms with E-state index in [0.29, 0.717) is 21.6 Å². The molecular formula is C20H23Cl2NOS. The fraction of sp³-hybridized carbons (Fsp3) is 0.350. The maximum atomic E-state index is 12.2. The highest BCUT2D eigenvalue weighted by molar-refractivity contribution is 7.99. The maximum absolute atomic E-state index is 12.2. The van der Waals surface area contributed by atoms with E-state index in [4.69, 9.17) is 23.2 Å². The monoisotopic (exact) mass is 395 g/mol. The number of carbonyl (C=O) groups is 1. The molecule has 0 spiro atoms. The van der Waals surface area contributed by atoms with E-state index in [-0.39, 0.29) is 11.9 Å². The number of benzene rings is 2. The molecule has 25 heavy (non-hydrogen) atoms. The van der Waals surface area contributed by atoms with E-state index < -0.39 is 0 Å². The van der Waals surface area contributed by atoms with Crippen LogP contribution in [0.2, 0.25) is 10.0 Å². The van der Waals surface area contributed by atoms with Crippen molar-refractivity contribution in [2.24, 2.45) is 0 Å². The van der Waals surface area contributed by atoms with Crippen molar-refractivity contribution in [3.05, 3.63) is 68.2 Å². The normalized spacial score (nSPS) is 12.1. The summed E-state index contributed by atoms with van der Waals surface area (Å²) >= 11 is 13.6. The summed E-state index contributed by atoms with van der Waals surface area (Å²) in [7, 11) is 0. The number of rotatable bonds is 6. The van der Waals surface area contributed by atoms with Crippen LogP contribution >= 0.6 is 35.0 Å². The molecule has 0 aliphatic carbocycles. The molecule has 1 amide bonds. The van der Waals surface area contributed by atoms with Crippen molar-refractivity contribution in [1.29, 1.82) is 0 Å². The zero-order valence-electron chi connectivity index (χ0n) is 15.0. The topological polar surface area (TPSA) is 29.1 Å². The van der Waals surface area contributed by atoms with E-state index in [2.05, 4.69) is 38.2 Å². The molecule has 134 valence electrons. The van der Waals surface area contributed by atoms with Gasteiger partial charge in [0.2, 0.25) is 5.91 Å². The molecule has 0 heterocycles. The van der Waals surface area contributed by atoms with E-state index in [9.17, 15) is 4.79 Å². The number of aryl methyl sites for hydroxylation is 3. The average Bonchev–Trinajstić information content (AvgIpc) is 2.52. The first-order chi connectivity index (χ1) is 11.8. The molecule has 1 atom stereocenters. The van der Waals surface area contributed by atoms with Gasteiger partial charge in [0.25, 0.3) is 0 Å². The van der Waals surface area contributed by atoms with Gasteiger partial charge in [-0.05, 0) is 67.6 Å². The highest BCUT2D eigenvalue weighted by atomic mass is 35.5. The van der Waals surface area contributed by atoms with E-state index in [1.165, 1.54) is 22.3 Å². The van der Waals surface area contributed by atoms with Gasteiger partial charge in [0.1, 0.15) is 0 Å². The van der Waals surface area contributed by atoms with Gasteiger partial charge in [-0.2, -0.15) is 0 Å². The molecule has 0 radical (unpaired) electrons. The smallest absolute Gasteiger partial charge is 0.230 e. The Balaban J connectivity index is 1.88. The summed E-state index contributed by atoms with van der Waals surface area (Å²) < 4.78 is 0. The summed E-state index contributed by atoms with van der Waals surface area (Å²) in [6, 6.07) is 9.77. The molecular weight excluding hydrogens is 373 g/mol. The summed E-state index contributed by atoms with van der Waals surface area (Å²) in [5.74, 6) is 1.11. The van der Waals surface area contributed by atoms with Crippen LogP contribution in [0, 0.1) is 20.8 Å². The van der Waals surface area contributed by atoms with Gasteiger partial charge in [-0.25, -0.2) is 0 Å². The number of hydrogen-bond acceptors (Lipinski definition) is 2. The molecule has 0 bridgehead atoms. The van der Waals surface area contributed by atoms with Crippen molar-refractivity contribution >= 4 is 40.9 Å². The number of thioether (sulfide) groups is 1. The summed E-state index contributed by atoms with van der Waals surface area (Å²) in [5, 5.41) is 4.34. The van der Waals surface area contributed by atoms with Crippen LogP contribution in [-0.4, -0.2) is 11.7 Å². The zero-order valence-corrected chi connectivity index (χ0v) is 17.3. The third-order valence-corrected chi connectivity index (χ3v) is 5.80. The lowest BCUT2D eigenvalue weighted by atomic mass is 9.96. The lowest BCUT2D eigenvalue weighted by Crippen LogP contribution is -2.28. The highest BCUT2D eigenvalue weighted by Crippen LogP contribution is 2.25. The third-order valence-electron chi connectivity index (χ3n) is 4.23. The molecule has 0 fully saturated rings. The summed E-state index contributed by atoms with van der Waals surface area (Å²) in [6.45, 7) is 8.31. The molecule has 0 saturated heterocycles. The average molecular weight is 396 g/mol. The van der Waals surface area contributed by atoms with Crippen LogP contribution in [0.3, 0.4) is 0 Å². The molecule has 0 unspecified atom stereocenters. The summed E-state index contributed by atoms with van der Waals surface area (Å²) in [4.78, 5) is 12.2. The molecule has 2 aromatic carbocycles. The number of carbonyl (C=O) groups excluding carboxylic acids is 1. The van der Waals surface area contributed by atoms with E-state index in [1.807, 2.05) is 19.1 Å². The lowest BCUT2D eigenvalue weighted by molar-refractivity contribution is -0.119. The Labute approximate surface area is 164 Å². The lowest BCUT2D eigenvalue weighted by Gasteiger charge is -2.18. The van der Waals surface area contributed by atoms with Crippen molar-refractivity contribution in [1.82, 2.24) is 5.32 Å². The second-order valence-electron chi connectivity index (χ2n) is 6.31. The molecule has 0 aliphatic heterocycles. The van der Waals surface area contributed by atoms with Crippen molar-refractivity contribution in [2.75, 3.05) is 5.75 Å². The van der Waals surface area contributed by atoms with Gasteiger partial charge in [0.05, 0.1) is 11.8 Å². The van der Waals surface area contributed by atoms with Crippen molar-refractivity contribution in [2.45, 2.75) is 39.5 Å². The molecule has 2 aromatic rings. The predicted octanol–water partition coefficient (Wildman–Crippen LogP) is 6.03. The quantitative estimate of drug-likeness (QED) is 0.646. The number of amides is 1. The fourth-order valence-electron chi connectivity index (χ4n) is 2.70. The zero-order chi connectivity index (χ0) is 18.6. The number of nitrogens with one attached hydrogen (secondary N) is 1. The molecule has 0 aromatic heterocycles. The van der Waals surface area contributed by atoms with E-state index in [0.717, 1.165) is 5.56 Å². The second-order valence-corrected chi connectivity index (χ2v) is 8.14. The van der Waals surface area contributed by atoms with Crippen LogP contribution < -0.4 is 5.32 Å². The van der Waals surface area contributed by atoms with Gasteiger partial charge in [-0.1, -0.05) is 41.4 Å². The van der Waals surface area contributed by atoms with Gasteiger partial charge in [0, 0.05) is 15.8 Å². The van der Waals surface area contributed by atoms with Crippen LogP contribution in [0.5, 0.6) is 0 Å². The van der Waals surface area contributed by atoms with E-state index in [1.54, 1.807) is 17.8 Å². The van der Waals surface area contributed by atoms with Gasteiger partial charge in [-0.3, -0.25) is 4.79 Å². The van der Waals surface area contributed by atoms with Gasteiger partial charge in [-0.15, -0.1) is 11.8 Å². The Morgan fingerprint density at radius 2 is 1.76 bits per heavy atom. The van der Waals surface area contributed by atoms with Gasteiger partial charge >= 0.3 is 0 Å². The highest BCUT2D eigenvalue weighted by Gasteiger charge is 2.13. The summed E-state index contributed by atoms with van der Waals surface area (Å²) in [6.07, 6.45) is 0. The third kappa shape index (κ3) is 5.67. The van der Waals surface area contributed by atoms with Crippen molar-refractivity contribution in [3.63, 3.8) is 0 Å². The fourth-order valence-corrected chi connectivity index (χ4v) is 4.10. The first-order valence-corrected chi connectivity index (χ1v) is 10.1. The Bertz CT molecular complexity index is 777. The molecule has 0 aliphatic rings. The van der Waals surface area contributed by atoms with Crippen LogP contribution in [-0.2, 0) is 10.5 Å². The standard InChI is InChI=1S/C20H23Cl2NOS/c1-12-7-14(3)18(8-13(12)2)15(4)23-20(24)11-25-10-16-5-6-17(21)9-19(16)22/h5-9,15H,10-11H2,1-4H3,(H,23,24)/t15-/m1/s1. The first-order valence-electron chi connectivity index (χ1n) is 8.16. The molecule has 0 saturated carbocycles. The first kappa shape index (κ1) is 20.2. The minimum atomic E-state index is -0.00785. The molecule has 5 heteroatoms. The number of halogens is 2. The SMILES string of the molecule is Cc1cc(C)c([C@@H](C)NC(=O)CSCc2ccc(Cl)cc2Cl)cc1C. The molecule has 2 nitrogen and oxygen atoms in total. The largest absolute Gasteiger partial charge is 0.349 e. The number of hydrogen-bond donors (Lipinski definition) is 1. The molecule has 2 rings (SSSR count). The second kappa shape index (κ2) is 8.98. The molecule has 1 N–H and O–H groups in total. The Morgan fingerprint density at radius 3 is 2.44 bits per heavy atom. The Kier molecular flexibility index (Phi) is 7.24. The van der Waals surface area contributed by atoms with Crippen molar-refractivity contribution < 1.29 is 4.79 Å². The minimum Gasteiger partial charge on any atom is -0.349 e. The van der Waals surface area contributed by atoms with Gasteiger partial charge < -0.3 is 5.32 Å². The minimum absolute atomic E-state index is 0.00785. The van der Waals surface area contributed by atoms with Crippen LogP contribution in [0.15, 0.2) is 30.3 Å². The maximum Gasteiger partial charge on any atom is 0.230 e. The van der Waals surface area contributed by atoms with Crippen LogP contribution in [0.4, 0.5) is 0 Å². The van der Waals surface area contributed by atoms with Crippen LogP contribution in [0.25, 0.3) is 0 Å². The van der Waals surface area contributed by atoms with E-state index >= 15 is 0 Å². The Morgan fingerprint density at radius 1 is 1.08 bits per heavy atom. The van der Waals surface area contributed by atoms with Crippen molar-refractivity contribution in [3.8, 4) is 0 Å². The van der Waals surface area contributed by atoms with Crippen LogP contribution in [0.1, 0.15) is 40.8 Å².